The van der Waals surface area contributed by atoms with Crippen molar-refractivity contribution in [3.63, 3.8) is 0 Å². The fourth-order valence-corrected chi connectivity index (χ4v) is 3.81. The molecule has 3 N–H and O–H groups in total. The Hall–Kier alpha value is -3.37. The number of carbonyl (C=O) groups is 1. The number of aliphatic hydroxyl groups is 1. The number of aryl methyl sites for hydroxylation is 1. The van der Waals surface area contributed by atoms with E-state index < -0.39 is 12.1 Å². The third-order valence-electron chi connectivity index (χ3n) is 5.57. The van der Waals surface area contributed by atoms with Crippen LogP contribution in [0.5, 0.6) is 0 Å². The van der Waals surface area contributed by atoms with Crippen LogP contribution >= 0.6 is 0 Å². The molecule has 0 aliphatic carbocycles. The Bertz CT molecular complexity index is 1060. The van der Waals surface area contributed by atoms with Gasteiger partial charge in [0.1, 0.15) is 23.4 Å². The van der Waals surface area contributed by atoms with E-state index in [2.05, 4.69) is 20.9 Å². The van der Waals surface area contributed by atoms with Gasteiger partial charge in [-0.3, -0.25) is 4.68 Å². The molecular weight excluding hydrogens is 432 g/mol. The minimum atomic E-state index is -0.534. The normalized spacial score (nSPS) is 20.4. The lowest BCUT2D eigenvalue weighted by molar-refractivity contribution is -0.0905. The Balaban J connectivity index is 1.26. The van der Waals surface area contributed by atoms with Crippen LogP contribution < -0.4 is 10.6 Å². The maximum Gasteiger partial charge on any atom is 0.319 e. The molecule has 4 rings (SSSR count). The first-order valence-electron chi connectivity index (χ1n) is 10.8. The number of ether oxygens (including phenoxy) is 1. The average molecular weight is 457 g/mol. The Morgan fingerprint density at radius 3 is 2.48 bits per heavy atom. The first-order chi connectivity index (χ1) is 16.0. The fraction of sp³-hybridized carbons (Fsp3) is 0.348. The van der Waals surface area contributed by atoms with Gasteiger partial charge < -0.3 is 20.5 Å². The van der Waals surface area contributed by atoms with Gasteiger partial charge in [-0.15, -0.1) is 5.10 Å². The molecule has 1 aliphatic heterocycles. The van der Waals surface area contributed by atoms with Crippen molar-refractivity contribution >= 4 is 11.7 Å². The maximum absolute atomic E-state index is 13.1. The smallest absolute Gasteiger partial charge is 0.319 e. The molecule has 1 aliphatic rings. The van der Waals surface area contributed by atoms with Crippen molar-refractivity contribution in [3.8, 4) is 11.3 Å². The molecule has 33 heavy (non-hydrogen) atoms. The minimum Gasteiger partial charge on any atom is -0.394 e. The van der Waals surface area contributed by atoms with E-state index in [0.717, 1.165) is 5.56 Å². The zero-order chi connectivity index (χ0) is 23.2. The van der Waals surface area contributed by atoms with Gasteiger partial charge >= 0.3 is 6.03 Å². The number of nitrogens with zero attached hydrogens (tertiary/aromatic N) is 3. The number of hydrogen-bond donors (Lipinski definition) is 3. The zero-order valence-electron chi connectivity index (χ0n) is 17.8. The summed E-state index contributed by atoms with van der Waals surface area (Å²) in [6.07, 6.45) is 3.18. The molecule has 2 heterocycles. The summed E-state index contributed by atoms with van der Waals surface area (Å²) in [5.41, 5.74) is 1.91. The number of carbonyl (C=O) groups excluding carboxylic acids is 1. The van der Waals surface area contributed by atoms with Crippen LogP contribution in [0.4, 0.5) is 19.3 Å². The molecular formula is C23H25F2N5O3. The second kappa shape index (κ2) is 10.5. The molecule has 0 radical (unpaired) electrons. The van der Waals surface area contributed by atoms with Crippen molar-refractivity contribution in [3.05, 3.63) is 66.4 Å². The summed E-state index contributed by atoms with van der Waals surface area (Å²) in [6.45, 7) is 0.343. The molecule has 10 heteroatoms. The second-order valence-electron chi connectivity index (χ2n) is 7.93. The monoisotopic (exact) mass is 457 g/mol. The third kappa shape index (κ3) is 6.11. The van der Waals surface area contributed by atoms with Gasteiger partial charge in [0.15, 0.2) is 0 Å². The summed E-state index contributed by atoms with van der Waals surface area (Å²) < 4.78 is 33.8. The molecule has 174 valence electrons. The predicted molar refractivity (Wildman–Crippen MR) is 117 cm³/mol. The van der Waals surface area contributed by atoms with Crippen LogP contribution in [0.1, 0.15) is 19.3 Å². The van der Waals surface area contributed by atoms with Crippen LogP contribution in [0.2, 0.25) is 0 Å². The van der Waals surface area contributed by atoms with Crippen molar-refractivity contribution in [1.82, 2.24) is 20.3 Å². The van der Waals surface area contributed by atoms with Gasteiger partial charge in [-0.25, -0.2) is 13.6 Å². The highest BCUT2D eigenvalue weighted by molar-refractivity contribution is 5.89. The fourth-order valence-electron chi connectivity index (χ4n) is 3.81. The number of urea groups is 1. The molecule has 2 aromatic carbocycles. The Morgan fingerprint density at radius 1 is 1.09 bits per heavy atom. The van der Waals surface area contributed by atoms with E-state index in [0.29, 0.717) is 37.2 Å². The maximum atomic E-state index is 13.1. The van der Waals surface area contributed by atoms with Crippen molar-refractivity contribution in [2.45, 2.75) is 44.1 Å². The first kappa shape index (κ1) is 22.8. The molecule has 3 atom stereocenters. The number of anilines is 1. The van der Waals surface area contributed by atoms with Gasteiger partial charge in [0.05, 0.1) is 24.9 Å². The van der Waals surface area contributed by atoms with Crippen molar-refractivity contribution < 1.29 is 23.4 Å². The highest BCUT2D eigenvalue weighted by atomic mass is 19.1. The lowest BCUT2D eigenvalue weighted by Crippen LogP contribution is -2.52. The van der Waals surface area contributed by atoms with Crippen LogP contribution in [0, 0.1) is 11.6 Å². The van der Waals surface area contributed by atoms with Gasteiger partial charge in [0.25, 0.3) is 0 Å². The Kier molecular flexibility index (Phi) is 7.26. The van der Waals surface area contributed by atoms with E-state index in [9.17, 15) is 18.7 Å². The summed E-state index contributed by atoms with van der Waals surface area (Å²) >= 11 is 0. The van der Waals surface area contributed by atoms with E-state index in [1.807, 2.05) is 0 Å². The Labute approximate surface area is 189 Å². The lowest BCUT2D eigenvalue weighted by Gasteiger charge is -2.36. The highest BCUT2D eigenvalue weighted by Gasteiger charge is 2.31. The summed E-state index contributed by atoms with van der Waals surface area (Å²) in [4.78, 5) is 12.3. The number of hydrogen-bond acceptors (Lipinski definition) is 5. The van der Waals surface area contributed by atoms with Crippen LogP contribution in [0.15, 0.2) is 54.7 Å². The van der Waals surface area contributed by atoms with Crippen molar-refractivity contribution in [2.75, 3.05) is 11.9 Å². The van der Waals surface area contributed by atoms with Gasteiger partial charge in [0, 0.05) is 17.8 Å². The molecule has 0 bridgehead atoms. The third-order valence-corrected chi connectivity index (χ3v) is 5.57. The zero-order valence-corrected chi connectivity index (χ0v) is 17.8. The molecule has 3 aromatic rings. The van der Waals surface area contributed by atoms with E-state index in [1.165, 1.54) is 36.4 Å². The van der Waals surface area contributed by atoms with Gasteiger partial charge in [0.2, 0.25) is 0 Å². The molecule has 0 spiro atoms. The standard InChI is InChI=1S/C23H25F2N5O3/c24-16-3-1-15(2-4-16)21-13-30(29-28-21)12-11-19-9-10-20(22(14-31)33-19)27-23(32)26-18-7-5-17(25)6-8-18/h1-8,13,19-20,22,31H,9-12,14H2,(H2,26,27,32)/t19-,20+,22-/m1/s1. The van der Waals surface area contributed by atoms with Crippen LogP contribution in [0.3, 0.4) is 0 Å². The quantitative estimate of drug-likeness (QED) is 0.505. The summed E-state index contributed by atoms with van der Waals surface area (Å²) in [7, 11) is 0. The van der Waals surface area contributed by atoms with Gasteiger partial charge in [-0.2, -0.15) is 0 Å². The van der Waals surface area contributed by atoms with E-state index >= 15 is 0 Å². The van der Waals surface area contributed by atoms with Crippen molar-refractivity contribution in [1.29, 1.82) is 0 Å². The molecule has 1 saturated heterocycles. The summed E-state index contributed by atoms with van der Waals surface area (Å²) in [6, 6.07) is 10.7. The van der Waals surface area contributed by atoms with E-state index in [-0.39, 0.29) is 30.4 Å². The lowest BCUT2D eigenvalue weighted by atomic mass is 9.97. The minimum absolute atomic E-state index is 0.0983. The average Bonchev–Trinajstić information content (AvgIpc) is 3.29. The number of halogens is 2. The summed E-state index contributed by atoms with van der Waals surface area (Å²) in [5, 5.41) is 23.5. The number of aliphatic hydroxyl groups excluding tert-OH is 1. The van der Waals surface area contributed by atoms with E-state index in [1.54, 1.807) is 23.0 Å². The van der Waals surface area contributed by atoms with Crippen LogP contribution in [-0.4, -0.2) is 51.0 Å². The number of rotatable bonds is 7. The molecule has 1 fully saturated rings. The van der Waals surface area contributed by atoms with Gasteiger partial charge in [-0.05, 0) is 67.8 Å². The number of aromatic nitrogens is 3. The molecule has 0 saturated carbocycles. The van der Waals surface area contributed by atoms with Gasteiger partial charge in [-0.1, -0.05) is 5.21 Å². The molecule has 8 nitrogen and oxygen atoms in total. The topological polar surface area (TPSA) is 101 Å². The largest absolute Gasteiger partial charge is 0.394 e. The number of benzene rings is 2. The second-order valence-corrected chi connectivity index (χ2v) is 7.93. The Morgan fingerprint density at radius 2 is 1.79 bits per heavy atom. The SMILES string of the molecule is O=C(Nc1ccc(F)cc1)N[C@H]1CC[C@H](CCn2cc(-c3ccc(F)cc3)nn2)O[C@@H]1CO. The molecule has 0 unspecified atom stereocenters. The van der Waals surface area contributed by atoms with Crippen LogP contribution in [-0.2, 0) is 11.3 Å². The first-order valence-corrected chi connectivity index (χ1v) is 10.8. The number of nitrogens with one attached hydrogen (secondary N) is 2. The summed E-state index contributed by atoms with van der Waals surface area (Å²) in [5.74, 6) is -0.689. The van der Waals surface area contributed by atoms with E-state index in [4.69, 9.17) is 4.74 Å². The predicted octanol–water partition coefficient (Wildman–Crippen LogP) is 3.34. The number of amides is 2. The van der Waals surface area contributed by atoms with Crippen molar-refractivity contribution in [2.24, 2.45) is 0 Å². The van der Waals surface area contributed by atoms with Crippen LogP contribution in [0.25, 0.3) is 11.3 Å². The molecule has 2 amide bonds. The highest BCUT2D eigenvalue weighted by Crippen LogP contribution is 2.23. The molecule has 1 aromatic heterocycles.